The summed E-state index contributed by atoms with van der Waals surface area (Å²) in [7, 11) is -3.54. The number of hydrogen-bond acceptors (Lipinski definition) is 4. The number of benzene rings is 3. The van der Waals surface area contributed by atoms with Crippen LogP contribution in [0.2, 0.25) is 0 Å². The Morgan fingerprint density at radius 3 is 2.00 bits per heavy atom. The Balaban J connectivity index is 1.83. The average Bonchev–Trinajstić information content (AvgIpc) is 2.94. The highest BCUT2D eigenvalue weighted by molar-refractivity contribution is 7.89. The summed E-state index contributed by atoms with van der Waals surface area (Å²) in [5.41, 5.74) is 2.78. The van der Waals surface area contributed by atoms with E-state index in [1.54, 1.807) is 36.1 Å². The summed E-state index contributed by atoms with van der Waals surface area (Å²) in [6.07, 6.45) is 1.88. The number of nitrogens with one attached hydrogen (secondary N) is 2. The van der Waals surface area contributed by atoms with Gasteiger partial charge < -0.3 is 10.2 Å². The summed E-state index contributed by atoms with van der Waals surface area (Å²) in [4.78, 5) is 29.2. The van der Waals surface area contributed by atoms with E-state index < -0.39 is 16.1 Å². The maximum Gasteiger partial charge on any atom is 0.243 e. The van der Waals surface area contributed by atoms with Gasteiger partial charge in [-0.2, -0.15) is 0 Å². The first-order chi connectivity index (χ1) is 19.2. The lowest BCUT2D eigenvalue weighted by Crippen LogP contribution is -2.50. The molecule has 0 aliphatic rings. The number of sulfonamides is 1. The van der Waals surface area contributed by atoms with E-state index in [-0.39, 0.29) is 23.1 Å². The summed E-state index contributed by atoms with van der Waals surface area (Å²) in [6, 6.07) is 25.4. The monoisotopic (exact) mass is 563 g/mol. The molecule has 3 rings (SSSR count). The van der Waals surface area contributed by atoms with Gasteiger partial charge >= 0.3 is 0 Å². The van der Waals surface area contributed by atoms with Crippen molar-refractivity contribution in [1.29, 1.82) is 0 Å². The van der Waals surface area contributed by atoms with Crippen molar-refractivity contribution in [3.63, 3.8) is 0 Å². The summed E-state index contributed by atoms with van der Waals surface area (Å²) in [5.74, 6) is 0.161. The fourth-order valence-corrected chi connectivity index (χ4v) is 5.48. The average molecular weight is 564 g/mol. The normalized spacial score (nSPS) is 12.2. The summed E-state index contributed by atoms with van der Waals surface area (Å²) < 4.78 is 27.0. The molecule has 0 saturated heterocycles. The van der Waals surface area contributed by atoms with Crippen molar-refractivity contribution < 1.29 is 18.0 Å². The highest BCUT2D eigenvalue weighted by Gasteiger charge is 2.30. The number of hydrogen-bond donors (Lipinski definition) is 2. The number of carbonyl (C=O) groups is 2. The third-order valence-electron chi connectivity index (χ3n) is 6.68. The molecule has 3 aromatic carbocycles. The lowest BCUT2D eigenvalue weighted by molar-refractivity contribution is -0.141. The van der Waals surface area contributed by atoms with Crippen LogP contribution in [0.5, 0.6) is 0 Å². The van der Waals surface area contributed by atoms with Gasteiger partial charge in [0.05, 0.1) is 4.90 Å². The Bertz CT molecular complexity index is 1310. The lowest BCUT2D eigenvalue weighted by Gasteiger charge is -2.32. The van der Waals surface area contributed by atoms with Gasteiger partial charge in [-0.25, -0.2) is 13.1 Å². The van der Waals surface area contributed by atoms with Crippen molar-refractivity contribution in [2.75, 3.05) is 13.1 Å². The zero-order valence-corrected chi connectivity index (χ0v) is 24.5. The minimum absolute atomic E-state index is 0.131. The number of amides is 2. The fourth-order valence-electron chi connectivity index (χ4n) is 4.44. The minimum atomic E-state index is -3.54. The van der Waals surface area contributed by atoms with Gasteiger partial charge in [0, 0.05) is 32.5 Å². The molecule has 0 bridgehead atoms. The van der Waals surface area contributed by atoms with E-state index >= 15 is 0 Å². The second kappa shape index (κ2) is 15.3. The van der Waals surface area contributed by atoms with Crippen LogP contribution in [0.1, 0.15) is 50.3 Å². The standard InChI is InChI=1S/C32H41N3O4S/c1-4-34-40(38,39)29-18-15-26(16-19-29)17-20-31(36)35(24-28-13-9-6-10-14-28)30(23-27-11-7-5-8-12-27)32(37)33-22-21-25(2)3/h5-16,18-19,25,30,34H,4,17,20-24H2,1-3H3,(H,33,37)/t30-/m1/s1. The highest BCUT2D eigenvalue weighted by atomic mass is 32.2. The minimum Gasteiger partial charge on any atom is -0.354 e. The molecule has 0 radical (unpaired) electrons. The number of rotatable bonds is 15. The third-order valence-corrected chi connectivity index (χ3v) is 8.24. The lowest BCUT2D eigenvalue weighted by atomic mass is 10.0. The fraction of sp³-hybridized carbons (Fsp3) is 0.375. The molecular formula is C32H41N3O4S. The van der Waals surface area contributed by atoms with Crippen molar-refractivity contribution in [1.82, 2.24) is 14.9 Å². The van der Waals surface area contributed by atoms with Crippen LogP contribution in [0.25, 0.3) is 0 Å². The van der Waals surface area contributed by atoms with Crippen molar-refractivity contribution in [2.24, 2.45) is 5.92 Å². The smallest absolute Gasteiger partial charge is 0.243 e. The Labute approximate surface area is 239 Å². The molecule has 0 aliphatic heterocycles. The molecule has 40 heavy (non-hydrogen) atoms. The van der Waals surface area contributed by atoms with Crippen molar-refractivity contribution in [2.45, 2.75) is 63.9 Å². The zero-order valence-electron chi connectivity index (χ0n) is 23.7. The van der Waals surface area contributed by atoms with E-state index in [1.807, 2.05) is 60.7 Å². The third kappa shape index (κ3) is 9.61. The van der Waals surface area contributed by atoms with Crippen LogP contribution in [-0.4, -0.2) is 44.3 Å². The van der Waals surface area contributed by atoms with Gasteiger partial charge in [0.1, 0.15) is 6.04 Å². The van der Waals surface area contributed by atoms with Gasteiger partial charge in [-0.3, -0.25) is 9.59 Å². The van der Waals surface area contributed by atoms with E-state index in [4.69, 9.17) is 0 Å². The first-order valence-corrected chi connectivity index (χ1v) is 15.4. The Morgan fingerprint density at radius 2 is 1.43 bits per heavy atom. The molecule has 8 heteroatoms. The Kier molecular flexibility index (Phi) is 11.9. The molecule has 7 nitrogen and oxygen atoms in total. The highest BCUT2D eigenvalue weighted by Crippen LogP contribution is 2.18. The maximum atomic E-state index is 13.8. The molecule has 1 atom stereocenters. The van der Waals surface area contributed by atoms with Gasteiger partial charge in [-0.1, -0.05) is 93.6 Å². The molecule has 2 N–H and O–H groups in total. The second-order valence-electron chi connectivity index (χ2n) is 10.3. The van der Waals surface area contributed by atoms with Crippen LogP contribution >= 0.6 is 0 Å². The largest absolute Gasteiger partial charge is 0.354 e. The van der Waals surface area contributed by atoms with E-state index in [1.165, 1.54) is 0 Å². The van der Waals surface area contributed by atoms with E-state index in [9.17, 15) is 18.0 Å². The molecule has 214 valence electrons. The molecule has 0 unspecified atom stereocenters. The maximum absolute atomic E-state index is 13.8. The molecule has 0 aliphatic carbocycles. The Hall–Kier alpha value is -3.49. The number of nitrogens with zero attached hydrogens (tertiary/aromatic N) is 1. The van der Waals surface area contributed by atoms with Crippen LogP contribution in [0.15, 0.2) is 89.8 Å². The van der Waals surface area contributed by atoms with Crippen molar-refractivity contribution in [3.8, 4) is 0 Å². The molecule has 0 aromatic heterocycles. The number of carbonyl (C=O) groups excluding carboxylic acids is 2. The first-order valence-electron chi connectivity index (χ1n) is 13.9. The molecule has 0 spiro atoms. The quantitative estimate of drug-likeness (QED) is 0.280. The van der Waals surface area contributed by atoms with Gasteiger partial charge in [-0.15, -0.1) is 0 Å². The zero-order chi connectivity index (χ0) is 29.0. The predicted molar refractivity (Wildman–Crippen MR) is 159 cm³/mol. The summed E-state index contributed by atoms with van der Waals surface area (Å²) in [5, 5.41) is 3.06. The SMILES string of the molecule is CCNS(=O)(=O)c1ccc(CCC(=O)N(Cc2ccccc2)[C@H](Cc2ccccc2)C(=O)NCCC(C)C)cc1. The first kappa shape index (κ1) is 31.0. The van der Waals surface area contributed by atoms with Crippen molar-refractivity contribution >= 4 is 21.8 Å². The molecule has 2 amide bonds. The molecule has 3 aromatic rings. The topological polar surface area (TPSA) is 95.6 Å². The molecule has 0 heterocycles. The van der Waals surface area contributed by atoms with Gasteiger partial charge in [-0.05, 0) is 47.6 Å². The van der Waals surface area contributed by atoms with E-state index in [0.29, 0.717) is 38.4 Å². The molecular weight excluding hydrogens is 522 g/mol. The van der Waals surface area contributed by atoms with Gasteiger partial charge in [0.25, 0.3) is 0 Å². The molecule has 0 saturated carbocycles. The van der Waals surface area contributed by atoms with E-state index in [0.717, 1.165) is 23.1 Å². The predicted octanol–water partition coefficient (Wildman–Crippen LogP) is 4.72. The Morgan fingerprint density at radius 1 is 0.825 bits per heavy atom. The van der Waals surface area contributed by atoms with Crippen LogP contribution < -0.4 is 10.0 Å². The number of aryl methyl sites for hydroxylation is 1. The van der Waals surface area contributed by atoms with Crippen LogP contribution in [0.4, 0.5) is 0 Å². The van der Waals surface area contributed by atoms with Crippen LogP contribution in [0.3, 0.4) is 0 Å². The summed E-state index contributed by atoms with van der Waals surface area (Å²) in [6.45, 7) is 7.13. The molecule has 0 fully saturated rings. The van der Waals surface area contributed by atoms with Gasteiger partial charge in [0.15, 0.2) is 0 Å². The van der Waals surface area contributed by atoms with Crippen LogP contribution in [0, 0.1) is 5.92 Å². The van der Waals surface area contributed by atoms with E-state index in [2.05, 4.69) is 23.9 Å². The van der Waals surface area contributed by atoms with Gasteiger partial charge in [0.2, 0.25) is 21.8 Å². The van der Waals surface area contributed by atoms with Crippen molar-refractivity contribution in [3.05, 3.63) is 102 Å². The summed E-state index contributed by atoms with van der Waals surface area (Å²) >= 11 is 0. The second-order valence-corrected chi connectivity index (χ2v) is 12.1. The van der Waals surface area contributed by atoms with Crippen LogP contribution in [-0.2, 0) is 39.0 Å².